The minimum Gasteiger partial charge on any atom is -0.378 e. The Bertz CT molecular complexity index is 660. The molecule has 2 heterocycles. The highest BCUT2D eigenvalue weighted by Gasteiger charge is 2.45. The first-order valence-corrected chi connectivity index (χ1v) is 8.18. The second kappa shape index (κ2) is 5.70. The maximum Gasteiger partial charge on any atom is 0.194 e. The summed E-state index contributed by atoms with van der Waals surface area (Å²) >= 11 is 0. The molecule has 4 heteroatoms. The van der Waals surface area contributed by atoms with Crippen LogP contribution < -0.4 is 5.32 Å². The Hall–Kier alpha value is -2.33. The molecule has 23 heavy (non-hydrogen) atoms. The number of hydrogen-bond donors (Lipinski definition) is 2. The highest BCUT2D eigenvalue weighted by atomic mass is 16.3. The van der Waals surface area contributed by atoms with Crippen LogP contribution in [-0.2, 0) is 5.60 Å². The molecule has 2 N–H and O–H groups in total. The number of aliphatic imine (C=N–C) groups is 1. The summed E-state index contributed by atoms with van der Waals surface area (Å²) in [7, 11) is 0. The number of benzene rings is 2. The molecule has 0 saturated carbocycles. The van der Waals surface area contributed by atoms with E-state index < -0.39 is 5.60 Å². The van der Waals surface area contributed by atoms with Crippen molar-refractivity contribution >= 4 is 5.96 Å². The highest BCUT2D eigenvalue weighted by Crippen LogP contribution is 2.35. The minimum atomic E-state index is -1.08. The fourth-order valence-electron chi connectivity index (χ4n) is 3.58. The van der Waals surface area contributed by atoms with E-state index >= 15 is 0 Å². The Morgan fingerprint density at radius 3 is 2.17 bits per heavy atom. The van der Waals surface area contributed by atoms with Gasteiger partial charge in [-0.05, 0) is 17.5 Å². The molecular formula is C19H21N3O. The highest BCUT2D eigenvalue weighted by molar-refractivity contribution is 5.83. The van der Waals surface area contributed by atoms with Gasteiger partial charge in [0.2, 0.25) is 0 Å². The lowest BCUT2D eigenvalue weighted by Gasteiger charge is -2.34. The number of hydrogen-bond acceptors (Lipinski definition) is 4. The standard InChI is InChI=1S/C19H21N3O/c23-19(15-8-3-1-4-9-15,16-10-5-2-6-11-16)17-14-22-13-7-12-20-18(22)21-17/h1-6,8-11,17,23H,7,12-14H2,(H,20,21). The van der Waals surface area contributed by atoms with E-state index in [1.807, 2.05) is 60.7 Å². The molecule has 2 aromatic carbocycles. The van der Waals surface area contributed by atoms with Gasteiger partial charge < -0.3 is 15.3 Å². The van der Waals surface area contributed by atoms with Gasteiger partial charge in [0.25, 0.3) is 0 Å². The van der Waals surface area contributed by atoms with Crippen molar-refractivity contribution in [1.82, 2.24) is 10.2 Å². The summed E-state index contributed by atoms with van der Waals surface area (Å²) in [6.07, 6.45) is 1.08. The molecule has 2 aliphatic heterocycles. The third kappa shape index (κ3) is 2.39. The fraction of sp³-hybridized carbons (Fsp3) is 0.316. The van der Waals surface area contributed by atoms with Gasteiger partial charge in [0, 0.05) is 19.6 Å². The molecule has 0 amide bonds. The van der Waals surface area contributed by atoms with E-state index in [1.54, 1.807) is 0 Å². The molecule has 118 valence electrons. The topological polar surface area (TPSA) is 47.9 Å². The van der Waals surface area contributed by atoms with Crippen LogP contribution in [0, 0.1) is 0 Å². The number of fused-ring (bicyclic) bond motifs is 1. The van der Waals surface area contributed by atoms with Crippen molar-refractivity contribution in [2.45, 2.75) is 18.1 Å². The average molecular weight is 307 g/mol. The van der Waals surface area contributed by atoms with Crippen LogP contribution in [0.15, 0.2) is 65.7 Å². The zero-order chi connectivity index (χ0) is 15.7. The Morgan fingerprint density at radius 2 is 1.61 bits per heavy atom. The van der Waals surface area contributed by atoms with Crippen LogP contribution in [0.2, 0.25) is 0 Å². The molecule has 4 rings (SSSR count). The molecular weight excluding hydrogens is 286 g/mol. The molecule has 1 unspecified atom stereocenters. The van der Waals surface area contributed by atoms with Crippen molar-refractivity contribution in [3.8, 4) is 0 Å². The van der Waals surface area contributed by atoms with Crippen molar-refractivity contribution in [3.63, 3.8) is 0 Å². The lowest BCUT2D eigenvalue weighted by molar-refractivity contribution is 0.0461. The molecule has 1 saturated heterocycles. The molecule has 2 aromatic rings. The van der Waals surface area contributed by atoms with Crippen LogP contribution in [-0.4, -0.2) is 41.6 Å². The summed E-state index contributed by atoms with van der Waals surface area (Å²) in [5.41, 5.74) is 0.732. The van der Waals surface area contributed by atoms with E-state index in [2.05, 4.69) is 15.2 Å². The molecule has 1 atom stereocenters. The van der Waals surface area contributed by atoms with Crippen LogP contribution in [0.1, 0.15) is 17.5 Å². The summed E-state index contributed by atoms with van der Waals surface area (Å²) in [5, 5.41) is 15.2. The van der Waals surface area contributed by atoms with Gasteiger partial charge in [-0.25, -0.2) is 0 Å². The van der Waals surface area contributed by atoms with E-state index in [9.17, 15) is 5.11 Å². The van der Waals surface area contributed by atoms with Crippen LogP contribution in [0.5, 0.6) is 0 Å². The van der Waals surface area contributed by atoms with Gasteiger partial charge in [-0.1, -0.05) is 60.7 Å². The molecule has 0 aliphatic carbocycles. The normalized spacial score (nSPS) is 20.7. The third-order valence-electron chi connectivity index (χ3n) is 4.79. The SMILES string of the molecule is OC(c1ccccc1)(c1ccccc1)C1CN2CCCN=C2N1. The van der Waals surface area contributed by atoms with E-state index in [-0.39, 0.29) is 6.04 Å². The van der Waals surface area contributed by atoms with Gasteiger partial charge in [0.15, 0.2) is 5.96 Å². The first kappa shape index (κ1) is 14.3. The molecule has 0 spiro atoms. The van der Waals surface area contributed by atoms with Gasteiger partial charge in [-0.3, -0.25) is 4.99 Å². The zero-order valence-corrected chi connectivity index (χ0v) is 13.0. The molecule has 0 radical (unpaired) electrons. The van der Waals surface area contributed by atoms with Gasteiger partial charge in [0.1, 0.15) is 5.60 Å². The van der Waals surface area contributed by atoms with Crippen molar-refractivity contribution in [2.75, 3.05) is 19.6 Å². The van der Waals surface area contributed by atoms with Crippen LogP contribution in [0.25, 0.3) is 0 Å². The Morgan fingerprint density at radius 1 is 1.00 bits per heavy atom. The maximum absolute atomic E-state index is 11.8. The van der Waals surface area contributed by atoms with E-state index in [4.69, 9.17) is 0 Å². The minimum absolute atomic E-state index is 0.121. The van der Waals surface area contributed by atoms with Crippen molar-refractivity contribution in [1.29, 1.82) is 0 Å². The number of nitrogens with zero attached hydrogens (tertiary/aromatic N) is 2. The first-order chi connectivity index (χ1) is 11.3. The van der Waals surface area contributed by atoms with Crippen LogP contribution in [0.3, 0.4) is 0 Å². The Kier molecular flexibility index (Phi) is 3.54. The van der Waals surface area contributed by atoms with Gasteiger partial charge >= 0.3 is 0 Å². The predicted molar refractivity (Wildman–Crippen MR) is 91.3 cm³/mol. The van der Waals surface area contributed by atoms with Crippen molar-refractivity contribution in [3.05, 3.63) is 71.8 Å². The van der Waals surface area contributed by atoms with Crippen molar-refractivity contribution in [2.24, 2.45) is 4.99 Å². The van der Waals surface area contributed by atoms with E-state index in [0.717, 1.165) is 43.1 Å². The molecule has 2 aliphatic rings. The predicted octanol–water partition coefficient (Wildman–Crippen LogP) is 1.96. The molecule has 0 bridgehead atoms. The third-order valence-corrected chi connectivity index (χ3v) is 4.79. The van der Waals surface area contributed by atoms with Gasteiger partial charge in [-0.2, -0.15) is 0 Å². The molecule has 4 nitrogen and oxygen atoms in total. The summed E-state index contributed by atoms with van der Waals surface area (Å²) in [5.74, 6) is 0.923. The number of aliphatic hydroxyl groups is 1. The number of guanidine groups is 1. The lowest BCUT2D eigenvalue weighted by Crippen LogP contribution is -2.48. The summed E-state index contributed by atoms with van der Waals surface area (Å²) in [6, 6.07) is 19.7. The van der Waals surface area contributed by atoms with Crippen molar-refractivity contribution < 1.29 is 5.11 Å². The molecule has 1 fully saturated rings. The summed E-state index contributed by atoms with van der Waals surface area (Å²) < 4.78 is 0. The van der Waals surface area contributed by atoms with Gasteiger partial charge in [0.05, 0.1) is 6.04 Å². The monoisotopic (exact) mass is 307 g/mol. The maximum atomic E-state index is 11.8. The Labute approximate surface area is 136 Å². The number of rotatable bonds is 3. The first-order valence-electron chi connectivity index (χ1n) is 8.18. The largest absolute Gasteiger partial charge is 0.378 e. The zero-order valence-electron chi connectivity index (χ0n) is 13.0. The average Bonchev–Trinajstić information content (AvgIpc) is 3.07. The second-order valence-electron chi connectivity index (χ2n) is 6.20. The van der Waals surface area contributed by atoms with Crippen LogP contribution >= 0.6 is 0 Å². The second-order valence-corrected chi connectivity index (χ2v) is 6.20. The lowest BCUT2D eigenvalue weighted by atomic mass is 9.80. The summed E-state index contributed by atoms with van der Waals surface area (Å²) in [6.45, 7) is 2.63. The van der Waals surface area contributed by atoms with Gasteiger partial charge in [-0.15, -0.1) is 0 Å². The fourth-order valence-corrected chi connectivity index (χ4v) is 3.58. The number of nitrogens with one attached hydrogen (secondary N) is 1. The van der Waals surface area contributed by atoms with Crippen LogP contribution in [0.4, 0.5) is 0 Å². The van der Waals surface area contributed by atoms with E-state index in [1.165, 1.54) is 0 Å². The Balaban J connectivity index is 1.78. The quantitative estimate of drug-likeness (QED) is 0.911. The summed E-state index contributed by atoms with van der Waals surface area (Å²) in [4.78, 5) is 6.80. The van der Waals surface area contributed by atoms with E-state index in [0.29, 0.717) is 0 Å². The molecule has 0 aromatic heterocycles. The smallest absolute Gasteiger partial charge is 0.194 e.